The summed E-state index contributed by atoms with van der Waals surface area (Å²) in [6.45, 7) is 1.62. The van der Waals surface area contributed by atoms with Crippen molar-refractivity contribution in [3.63, 3.8) is 0 Å². The Morgan fingerprint density at radius 3 is 2.86 bits per heavy atom. The highest BCUT2D eigenvalue weighted by atomic mass is 15.2. The molecule has 72 valence electrons. The zero-order valence-electron chi connectivity index (χ0n) is 8.19. The molecule has 2 rings (SSSR count). The Balaban J connectivity index is 2.14. The molecule has 1 fully saturated rings. The lowest BCUT2D eigenvalue weighted by Crippen LogP contribution is -2.23. The van der Waals surface area contributed by atoms with Gasteiger partial charge in [-0.3, -0.25) is 4.90 Å². The lowest BCUT2D eigenvalue weighted by atomic mass is 10.1. The fraction of sp³-hybridized carbons (Fsp3) is 0.417. The van der Waals surface area contributed by atoms with E-state index in [0.29, 0.717) is 12.6 Å². The number of benzene rings is 1. The first kappa shape index (κ1) is 9.23. The SMILES string of the molecule is N#CCN1CCCC1c1ccccc1. The third-order valence-electron chi connectivity index (χ3n) is 2.82. The Labute approximate surface area is 84.8 Å². The normalized spacial score (nSPS) is 22.1. The maximum atomic E-state index is 8.70. The molecule has 1 aliphatic rings. The number of hydrogen-bond acceptors (Lipinski definition) is 2. The number of hydrogen-bond donors (Lipinski definition) is 0. The van der Waals surface area contributed by atoms with Crippen LogP contribution in [0.15, 0.2) is 30.3 Å². The van der Waals surface area contributed by atoms with Crippen molar-refractivity contribution in [3.05, 3.63) is 35.9 Å². The van der Waals surface area contributed by atoms with E-state index in [4.69, 9.17) is 5.26 Å². The molecule has 0 bridgehead atoms. The maximum absolute atomic E-state index is 8.70. The van der Waals surface area contributed by atoms with E-state index in [1.807, 2.05) is 6.07 Å². The van der Waals surface area contributed by atoms with Crippen molar-refractivity contribution in [1.29, 1.82) is 5.26 Å². The first-order valence-corrected chi connectivity index (χ1v) is 5.08. The lowest BCUT2D eigenvalue weighted by molar-refractivity contribution is 0.289. The predicted octanol–water partition coefficient (Wildman–Crippen LogP) is 2.35. The zero-order chi connectivity index (χ0) is 9.80. The van der Waals surface area contributed by atoms with Crippen molar-refractivity contribution in [2.24, 2.45) is 0 Å². The fourth-order valence-corrected chi connectivity index (χ4v) is 2.16. The van der Waals surface area contributed by atoms with Crippen LogP contribution in [-0.4, -0.2) is 18.0 Å². The summed E-state index contributed by atoms with van der Waals surface area (Å²) in [5.74, 6) is 0. The molecule has 2 nitrogen and oxygen atoms in total. The van der Waals surface area contributed by atoms with Crippen LogP contribution in [-0.2, 0) is 0 Å². The van der Waals surface area contributed by atoms with E-state index in [1.54, 1.807) is 0 Å². The first-order chi connectivity index (χ1) is 6.92. The van der Waals surface area contributed by atoms with Gasteiger partial charge >= 0.3 is 0 Å². The summed E-state index contributed by atoms with van der Waals surface area (Å²) in [6, 6.07) is 13.2. The molecule has 1 saturated heterocycles. The fourth-order valence-electron chi connectivity index (χ4n) is 2.16. The van der Waals surface area contributed by atoms with Gasteiger partial charge in [-0.05, 0) is 24.9 Å². The largest absolute Gasteiger partial charge is 0.283 e. The molecule has 2 heteroatoms. The van der Waals surface area contributed by atoms with Gasteiger partial charge in [0.05, 0.1) is 12.6 Å². The van der Waals surface area contributed by atoms with E-state index in [2.05, 4.69) is 35.2 Å². The topological polar surface area (TPSA) is 27.0 Å². The van der Waals surface area contributed by atoms with E-state index in [0.717, 1.165) is 6.54 Å². The van der Waals surface area contributed by atoms with Crippen LogP contribution in [0.4, 0.5) is 0 Å². The quantitative estimate of drug-likeness (QED) is 0.663. The van der Waals surface area contributed by atoms with Crippen LogP contribution in [0, 0.1) is 11.3 Å². The van der Waals surface area contributed by atoms with E-state index >= 15 is 0 Å². The van der Waals surface area contributed by atoms with E-state index in [9.17, 15) is 0 Å². The summed E-state index contributed by atoms with van der Waals surface area (Å²) < 4.78 is 0. The second kappa shape index (κ2) is 4.26. The summed E-state index contributed by atoms with van der Waals surface area (Å²) in [6.07, 6.45) is 2.40. The molecular formula is C12H14N2. The molecule has 1 aromatic rings. The average Bonchev–Trinajstić information content (AvgIpc) is 2.68. The molecule has 14 heavy (non-hydrogen) atoms. The van der Waals surface area contributed by atoms with Gasteiger partial charge in [0.15, 0.2) is 0 Å². The molecule has 0 radical (unpaired) electrons. The molecule has 0 N–H and O–H groups in total. The molecule has 0 amide bonds. The van der Waals surface area contributed by atoms with Crippen LogP contribution in [0.5, 0.6) is 0 Å². The lowest BCUT2D eigenvalue weighted by Gasteiger charge is -2.21. The number of likely N-dealkylation sites (tertiary alicyclic amines) is 1. The average molecular weight is 186 g/mol. The molecule has 1 heterocycles. The highest BCUT2D eigenvalue weighted by Gasteiger charge is 2.24. The Kier molecular flexibility index (Phi) is 2.81. The summed E-state index contributed by atoms with van der Waals surface area (Å²) in [5.41, 5.74) is 1.35. The molecule has 0 spiro atoms. The molecule has 0 aromatic heterocycles. The van der Waals surface area contributed by atoms with Gasteiger partial charge in [-0.1, -0.05) is 30.3 Å². The Morgan fingerprint density at radius 1 is 1.36 bits per heavy atom. The van der Waals surface area contributed by atoms with Crippen LogP contribution >= 0.6 is 0 Å². The van der Waals surface area contributed by atoms with Crippen LogP contribution in [0.1, 0.15) is 24.4 Å². The van der Waals surface area contributed by atoms with Crippen LogP contribution < -0.4 is 0 Å². The van der Waals surface area contributed by atoms with E-state index < -0.39 is 0 Å². The van der Waals surface area contributed by atoms with Gasteiger partial charge in [0.2, 0.25) is 0 Å². The summed E-state index contributed by atoms with van der Waals surface area (Å²) in [7, 11) is 0. The number of rotatable bonds is 2. The highest BCUT2D eigenvalue weighted by Crippen LogP contribution is 2.30. The van der Waals surface area contributed by atoms with Crippen molar-refractivity contribution in [1.82, 2.24) is 4.90 Å². The minimum absolute atomic E-state index is 0.468. The molecule has 1 unspecified atom stereocenters. The van der Waals surface area contributed by atoms with Gasteiger partial charge in [-0.2, -0.15) is 5.26 Å². The van der Waals surface area contributed by atoms with Gasteiger partial charge in [-0.15, -0.1) is 0 Å². The molecule has 1 aliphatic heterocycles. The molecule has 0 aliphatic carbocycles. The molecule has 0 saturated carbocycles. The number of nitrogens with zero attached hydrogens (tertiary/aromatic N) is 2. The Morgan fingerprint density at radius 2 is 2.14 bits per heavy atom. The minimum Gasteiger partial charge on any atom is -0.283 e. The van der Waals surface area contributed by atoms with Gasteiger partial charge in [0.25, 0.3) is 0 Å². The first-order valence-electron chi connectivity index (χ1n) is 5.08. The standard InChI is InChI=1S/C12H14N2/c13-8-10-14-9-4-7-12(14)11-5-2-1-3-6-11/h1-3,5-6,12H,4,7,9-10H2. The van der Waals surface area contributed by atoms with E-state index in [-0.39, 0.29) is 0 Å². The molecule has 1 atom stereocenters. The third kappa shape index (κ3) is 1.78. The van der Waals surface area contributed by atoms with Crippen molar-refractivity contribution in [2.75, 3.05) is 13.1 Å². The van der Waals surface area contributed by atoms with Crippen molar-refractivity contribution < 1.29 is 0 Å². The third-order valence-corrected chi connectivity index (χ3v) is 2.82. The highest BCUT2D eigenvalue weighted by molar-refractivity contribution is 5.20. The monoisotopic (exact) mass is 186 g/mol. The maximum Gasteiger partial charge on any atom is 0.0871 e. The number of nitriles is 1. The summed E-state index contributed by atoms with van der Waals surface area (Å²) >= 11 is 0. The zero-order valence-corrected chi connectivity index (χ0v) is 8.19. The van der Waals surface area contributed by atoms with Gasteiger partial charge < -0.3 is 0 Å². The summed E-state index contributed by atoms with van der Waals surface area (Å²) in [4.78, 5) is 2.26. The van der Waals surface area contributed by atoms with Crippen LogP contribution in [0.2, 0.25) is 0 Å². The van der Waals surface area contributed by atoms with Gasteiger partial charge in [-0.25, -0.2) is 0 Å². The minimum atomic E-state index is 0.468. The molecular weight excluding hydrogens is 172 g/mol. The second-order valence-electron chi connectivity index (χ2n) is 3.70. The Hall–Kier alpha value is -1.33. The smallest absolute Gasteiger partial charge is 0.0871 e. The van der Waals surface area contributed by atoms with Crippen LogP contribution in [0.3, 0.4) is 0 Å². The van der Waals surface area contributed by atoms with Gasteiger partial charge in [0, 0.05) is 6.04 Å². The van der Waals surface area contributed by atoms with E-state index in [1.165, 1.54) is 18.4 Å². The predicted molar refractivity (Wildman–Crippen MR) is 55.6 cm³/mol. The van der Waals surface area contributed by atoms with Crippen molar-refractivity contribution in [2.45, 2.75) is 18.9 Å². The summed E-state index contributed by atoms with van der Waals surface area (Å²) in [5, 5.41) is 8.70. The van der Waals surface area contributed by atoms with Crippen molar-refractivity contribution >= 4 is 0 Å². The van der Waals surface area contributed by atoms with Crippen LogP contribution in [0.25, 0.3) is 0 Å². The second-order valence-corrected chi connectivity index (χ2v) is 3.70. The van der Waals surface area contributed by atoms with Gasteiger partial charge in [0.1, 0.15) is 0 Å². The molecule has 1 aromatic carbocycles. The Bertz CT molecular complexity index is 326. The van der Waals surface area contributed by atoms with Crippen molar-refractivity contribution in [3.8, 4) is 6.07 Å².